The Hall–Kier alpha value is -2.60. The smallest absolute Gasteiger partial charge is 0.191 e. The van der Waals surface area contributed by atoms with Crippen LogP contribution in [0.15, 0.2) is 53.5 Å². The molecular weight excluding hydrogens is 381 g/mol. The highest BCUT2D eigenvalue weighted by molar-refractivity contribution is 5.79. The van der Waals surface area contributed by atoms with Crippen LogP contribution in [0, 0.1) is 5.82 Å². The summed E-state index contributed by atoms with van der Waals surface area (Å²) in [4.78, 5) is 4.34. The zero-order valence-electron chi connectivity index (χ0n) is 17.9. The van der Waals surface area contributed by atoms with E-state index in [4.69, 9.17) is 9.47 Å². The third-order valence-corrected chi connectivity index (χ3v) is 5.69. The summed E-state index contributed by atoms with van der Waals surface area (Å²) in [7, 11) is 1.76. The molecule has 0 bridgehead atoms. The Kier molecular flexibility index (Phi) is 8.08. The Morgan fingerprint density at radius 1 is 1.10 bits per heavy atom. The Balaban J connectivity index is 1.60. The lowest BCUT2D eigenvalue weighted by molar-refractivity contribution is 0.0513. The van der Waals surface area contributed by atoms with Crippen LogP contribution in [-0.2, 0) is 16.6 Å². The lowest BCUT2D eigenvalue weighted by Gasteiger charge is -2.38. The molecule has 5 nitrogen and oxygen atoms in total. The molecule has 6 heteroatoms. The number of nitrogens with one attached hydrogen (secondary N) is 2. The van der Waals surface area contributed by atoms with Gasteiger partial charge >= 0.3 is 0 Å². The average molecular weight is 414 g/mol. The first-order chi connectivity index (χ1) is 14.7. The SMILES string of the molecule is CCOc1ccc(C2(CNC(=NC)NCCc3ccccc3F)CCOCC2)cc1. The summed E-state index contributed by atoms with van der Waals surface area (Å²) in [6.07, 6.45) is 2.49. The van der Waals surface area contributed by atoms with E-state index in [1.165, 1.54) is 11.6 Å². The van der Waals surface area contributed by atoms with Crippen LogP contribution in [0.3, 0.4) is 0 Å². The second kappa shape index (κ2) is 11.0. The van der Waals surface area contributed by atoms with Crippen LogP contribution in [-0.4, -0.2) is 45.9 Å². The predicted octanol–water partition coefficient (Wildman–Crippen LogP) is 3.68. The van der Waals surface area contributed by atoms with Crippen molar-refractivity contribution in [2.75, 3.05) is 40.0 Å². The van der Waals surface area contributed by atoms with E-state index in [2.05, 4.69) is 27.8 Å². The number of hydrogen-bond donors (Lipinski definition) is 2. The zero-order chi connectivity index (χ0) is 21.2. The maximum atomic E-state index is 13.8. The molecule has 1 aliphatic heterocycles. The normalized spacial score (nSPS) is 16.2. The molecule has 1 aliphatic rings. The summed E-state index contributed by atoms with van der Waals surface area (Å²) >= 11 is 0. The number of ether oxygens (including phenoxy) is 2. The van der Waals surface area contributed by atoms with Crippen LogP contribution < -0.4 is 15.4 Å². The van der Waals surface area contributed by atoms with Gasteiger partial charge in [0.05, 0.1) is 6.61 Å². The van der Waals surface area contributed by atoms with E-state index in [-0.39, 0.29) is 11.2 Å². The molecule has 1 saturated heterocycles. The number of rotatable bonds is 8. The van der Waals surface area contributed by atoms with Gasteiger partial charge in [-0.3, -0.25) is 4.99 Å². The van der Waals surface area contributed by atoms with Gasteiger partial charge < -0.3 is 20.1 Å². The van der Waals surface area contributed by atoms with Crippen LogP contribution >= 0.6 is 0 Å². The maximum Gasteiger partial charge on any atom is 0.191 e. The van der Waals surface area contributed by atoms with Gasteiger partial charge in [0.2, 0.25) is 0 Å². The second-order valence-corrected chi connectivity index (χ2v) is 7.54. The van der Waals surface area contributed by atoms with Crippen LogP contribution in [0.4, 0.5) is 4.39 Å². The topological polar surface area (TPSA) is 54.9 Å². The van der Waals surface area contributed by atoms with Gasteiger partial charge in [0, 0.05) is 38.8 Å². The first-order valence-electron chi connectivity index (χ1n) is 10.7. The predicted molar refractivity (Wildman–Crippen MR) is 119 cm³/mol. The largest absolute Gasteiger partial charge is 0.494 e. The number of halogens is 1. The highest BCUT2D eigenvalue weighted by Gasteiger charge is 2.34. The molecule has 0 amide bonds. The molecule has 0 aromatic heterocycles. The van der Waals surface area contributed by atoms with Crippen molar-refractivity contribution in [3.8, 4) is 5.75 Å². The van der Waals surface area contributed by atoms with Gasteiger partial charge in [-0.05, 0) is 55.5 Å². The van der Waals surface area contributed by atoms with E-state index >= 15 is 0 Å². The summed E-state index contributed by atoms with van der Waals surface area (Å²) in [5.41, 5.74) is 1.96. The van der Waals surface area contributed by atoms with E-state index < -0.39 is 0 Å². The Bertz CT molecular complexity index is 817. The molecule has 0 spiro atoms. The molecule has 3 rings (SSSR count). The van der Waals surface area contributed by atoms with Crippen molar-refractivity contribution >= 4 is 5.96 Å². The van der Waals surface area contributed by atoms with Crippen LogP contribution in [0.2, 0.25) is 0 Å². The highest BCUT2D eigenvalue weighted by Crippen LogP contribution is 2.35. The zero-order valence-corrected chi connectivity index (χ0v) is 17.9. The van der Waals surface area contributed by atoms with Crippen molar-refractivity contribution in [1.29, 1.82) is 0 Å². The van der Waals surface area contributed by atoms with Gasteiger partial charge in [-0.2, -0.15) is 0 Å². The minimum atomic E-state index is -0.168. The summed E-state index contributed by atoms with van der Waals surface area (Å²) in [6, 6.07) is 15.3. The fourth-order valence-electron chi connectivity index (χ4n) is 3.89. The minimum Gasteiger partial charge on any atom is -0.494 e. The monoisotopic (exact) mass is 413 g/mol. The van der Waals surface area contributed by atoms with E-state index in [1.54, 1.807) is 13.1 Å². The van der Waals surface area contributed by atoms with Crippen molar-refractivity contribution in [1.82, 2.24) is 10.6 Å². The van der Waals surface area contributed by atoms with Crippen molar-refractivity contribution < 1.29 is 13.9 Å². The van der Waals surface area contributed by atoms with E-state index in [0.717, 1.165) is 44.3 Å². The Labute approximate surface area is 178 Å². The lowest BCUT2D eigenvalue weighted by Crippen LogP contribution is -2.48. The molecule has 2 aromatic rings. The molecular formula is C24H32FN3O2. The van der Waals surface area contributed by atoms with Gasteiger partial charge in [0.25, 0.3) is 0 Å². The fraction of sp³-hybridized carbons (Fsp3) is 0.458. The maximum absolute atomic E-state index is 13.8. The van der Waals surface area contributed by atoms with Crippen molar-refractivity contribution in [3.63, 3.8) is 0 Å². The van der Waals surface area contributed by atoms with Gasteiger partial charge in [-0.1, -0.05) is 30.3 Å². The molecule has 0 saturated carbocycles. The van der Waals surface area contributed by atoms with Gasteiger partial charge in [0.15, 0.2) is 5.96 Å². The van der Waals surface area contributed by atoms with Gasteiger partial charge in [-0.15, -0.1) is 0 Å². The number of nitrogens with zero attached hydrogens (tertiary/aromatic N) is 1. The van der Waals surface area contributed by atoms with Crippen molar-refractivity contribution in [2.24, 2.45) is 4.99 Å². The fourth-order valence-corrected chi connectivity index (χ4v) is 3.89. The number of guanidine groups is 1. The molecule has 0 atom stereocenters. The lowest BCUT2D eigenvalue weighted by atomic mass is 9.74. The van der Waals surface area contributed by atoms with E-state index in [1.807, 2.05) is 31.2 Å². The summed E-state index contributed by atoms with van der Waals surface area (Å²) in [5, 5.41) is 6.78. The van der Waals surface area contributed by atoms with Crippen molar-refractivity contribution in [2.45, 2.75) is 31.6 Å². The van der Waals surface area contributed by atoms with Crippen molar-refractivity contribution in [3.05, 3.63) is 65.5 Å². The van der Waals surface area contributed by atoms with Gasteiger partial charge in [0.1, 0.15) is 11.6 Å². The van der Waals surface area contributed by atoms with Crippen LogP contribution in [0.25, 0.3) is 0 Å². The Morgan fingerprint density at radius 2 is 1.83 bits per heavy atom. The molecule has 0 unspecified atom stereocenters. The molecule has 1 heterocycles. The molecule has 1 fully saturated rings. The summed E-state index contributed by atoms with van der Waals surface area (Å²) in [6.45, 7) is 5.50. The molecule has 0 aliphatic carbocycles. The Morgan fingerprint density at radius 3 is 2.50 bits per heavy atom. The number of hydrogen-bond acceptors (Lipinski definition) is 3. The number of aliphatic imine (C=N–C) groups is 1. The first-order valence-corrected chi connectivity index (χ1v) is 10.7. The van der Waals surface area contributed by atoms with E-state index in [0.29, 0.717) is 25.1 Å². The molecule has 2 N–H and O–H groups in total. The molecule has 162 valence electrons. The second-order valence-electron chi connectivity index (χ2n) is 7.54. The molecule has 0 radical (unpaired) electrons. The molecule has 30 heavy (non-hydrogen) atoms. The summed E-state index contributed by atoms with van der Waals surface area (Å²) in [5.74, 6) is 1.45. The summed E-state index contributed by atoms with van der Waals surface area (Å²) < 4.78 is 25.0. The van der Waals surface area contributed by atoms with E-state index in [9.17, 15) is 4.39 Å². The minimum absolute atomic E-state index is 0.0217. The van der Waals surface area contributed by atoms with Gasteiger partial charge in [-0.25, -0.2) is 4.39 Å². The first kappa shape index (κ1) is 22.1. The average Bonchev–Trinajstić information content (AvgIpc) is 2.78. The third kappa shape index (κ3) is 5.72. The highest BCUT2D eigenvalue weighted by atomic mass is 19.1. The standard InChI is InChI=1S/C24H32FN3O2/c1-3-30-21-10-8-20(9-11-21)24(13-16-29-17-14-24)18-28-23(26-2)27-15-12-19-6-4-5-7-22(19)25/h4-11H,3,12-18H2,1-2H3,(H2,26,27,28). The number of benzene rings is 2. The quantitative estimate of drug-likeness (QED) is 0.512. The molecule has 2 aromatic carbocycles. The van der Waals surface area contributed by atoms with Crippen LogP contribution in [0.1, 0.15) is 30.9 Å². The van der Waals surface area contributed by atoms with Crippen LogP contribution in [0.5, 0.6) is 5.75 Å². The third-order valence-electron chi connectivity index (χ3n) is 5.69.